The highest BCUT2D eigenvalue weighted by Gasteiger charge is 2.21. The van der Waals surface area contributed by atoms with Crippen LogP contribution in [-0.2, 0) is 14.3 Å². The van der Waals surface area contributed by atoms with E-state index < -0.39 is 18.0 Å². The number of amides is 3. The van der Waals surface area contributed by atoms with Gasteiger partial charge in [0.15, 0.2) is 0 Å². The molecule has 0 bridgehead atoms. The first-order valence-electron chi connectivity index (χ1n) is 5.79. The zero-order valence-electron chi connectivity index (χ0n) is 11.3. The molecule has 0 fully saturated rings. The van der Waals surface area contributed by atoms with E-state index in [1.54, 1.807) is 11.8 Å². The molecular weight excluding hydrogens is 238 g/mol. The molecule has 0 aromatic heterocycles. The zero-order valence-corrected chi connectivity index (χ0v) is 11.3. The molecule has 0 radical (unpaired) electrons. The van der Waals surface area contributed by atoms with E-state index in [-0.39, 0.29) is 12.4 Å². The van der Waals surface area contributed by atoms with Crippen molar-refractivity contribution in [1.29, 1.82) is 0 Å². The molecular formula is C11H21N3O4. The Morgan fingerprint density at radius 1 is 1.33 bits per heavy atom. The van der Waals surface area contributed by atoms with Crippen LogP contribution in [-0.4, -0.2) is 56.1 Å². The van der Waals surface area contributed by atoms with Crippen LogP contribution in [0, 0.1) is 0 Å². The Morgan fingerprint density at radius 2 is 1.94 bits per heavy atom. The zero-order chi connectivity index (χ0) is 14.1. The molecule has 0 spiro atoms. The third kappa shape index (κ3) is 5.62. The van der Waals surface area contributed by atoms with Crippen LogP contribution in [0.4, 0.5) is 4.79 Å². The van der Waals surface area contributed by atoms with Crippen LogP contribution in [0.25, 0.3) is 0 Å². The first-order chi connectivity index (χ1) is 8.46. The van der Waals surface area contributed by atoms with Gasteiger partial charge >= 0.3 is 12.0 Å². The summed E-state index contributed by atoms with van der Waals surface area (Å²) >= 11 is 0. The largest absolute Gasteiger partial charge is 0.469 e. The summed E-state index contributed by atoms with van der Waals surface area (Å²) in [6.45, 7) is 4.56. The molecule has 0 rings (SSSR count). The predicted octanol–water partition coefficient (Wildman–Crippen LogP) is -0.284. The Balaban J connectivity index is 4.32. The minimum Gasteiger partial charge on any atom is -0.469 e. The summed E-state index contributed by atoms with van der Waals surface area (Å²) < 4.78 is 4.54. The van der Waals surface area contributed by atoms with Crippen molar-refractivity contribution in [2.24, 2.45) is 0 Å². The molecule has 104 valence electrons. The van der Waals surface area contributed by atoms with Crippen LogP contribution in [0.1, 0.15) is 20.3 Å². The van der Waals surface area contributed by atoms with Gasteiger partial charge < -0.3 is 10.1 Å². The van der Waals surface area contributed by atoms with Crippen molar-refractivity contribution < 1.29 is 19.1 Å². The summed E-state index contributed by atoms with van der Waals surface area (Å²) in [7, 11) is 2.75. The highest BCUT2D eigenvalue weighted by Crippen LogP contribution is 2.01. The average Bonchev–Trinajstić information content (AvgIpc) is 2.38. The number of hydrogen-bond acceptors (Lipinski definition) is 5. The van der Waals surface area contributed by atoms with E-state index in [0.717, 1.165) is 0 Å². The van der Waals surface area contributed by atoms with Crippen LogP contribution in [0.3, 0.4) is 0 Å². The van der Waals surface area contributed by atoms with Gasteiger partial charge in [0.1, 0.15) is 0 Å². The van der Waals surface area contributed by atoms with Gasteiger partial charge in [0.2, 0.25) is 5.91 Å². The quantitative estimate of drug-likeness (QED) is 0.640. The van der Waals surface area contributed by atoms with E-state index in [9.17, 15) is 14.4 Å². The minimum absolute atomic E-state index is 0.210. The first kappa shape index (κ1) is 16.4. The smallest absolute Gasteiger partial charge is 0.321 e. The summed E-state index contributed by atoms with van der Waals surface area (Å²) in [6.07, 6.45) is 0.210. The summed E-state index contributed by atoms with van der Waals surface area (Å²) in [5.74, 6) is -0.728. The number of urea groups is 1. The maximum Gasteiger partial charge on any atom is 0.321 e. The number of rotatable bonds is 6. The second-order valence-electron chi connectivity index (χ2n) is 3.70. The van der Waals surface area contributed by atoms with E-state index in [4.69, 9.17) is 0 Å². The van der Waals surface area contributed by atoms with Gasteiger partial charge in [-0.15, -0.1) is 0 Å². The number of esters is 1. The summed E-state index contributed by atoms with van der Waals surface area (Å²) in [5.41, 5.74) is 0. The minimum atomic E-state index is -0.545. The molecule has 0 saturated heterocycles. The number of nitrogens with one attached hydrogen (secondary N) is 2. The molecule has 0 aliphatic rings. The maximum atomic E-state index is 11.7. The molecule has 7 heteroatoms. The second kappa shape index (κ2) is 8.46. The molecule has 1 unspecified atom stereocenters. The number of hydrogen-bond donors (Lipinski definition) is 2. The van der Waals surface area contributed by atoms with Crippen molar-refractivity contribution in [2.45, 2.75) is 26.3 Å². The normalized spacial score (nSPS) is 11.8. The third-order valence-electron chi connectivity index (χ3n) is 2.63. The van der Waals surface area contributed by atoms with E-state index in [1.165, 1.54) is 14.2 Å². The highest BCUT2D eigenvalue weighted by molar-refractivity contribution is 5.96. The van der Waals surface area contributed by atoms with Crippen LogP contribution < -0.4 is 10.6 Å². The lowest BCUT2D eigenvalue weighted by atomic mass is 10.2. The van der Waals surface area contributed by atoms with Crippen molar-refractivity contribution in [1.82, 2.24) is 15.5 Å². The molecule has 2 N–H and O–H groups in total. The van der Waals surface area contributed by atoms with Gasteiger partial charge in [0, 0.05) is 13.6 Å². The van der Waals surface area contributed by atoms with Gasteiger partial charge in [-0.2, -0.15) is 0 Å². The second-order valence-corrected chi connectivity index (χ2v) is 3.70. The van der Waals surface area contributed by atoms with Crippen molar-refractivity contribution in [3.63, 3.8) is 0 Å². The topological polar surface area (TPSA) is 87.7 Å². The lowest BCUT2D eigenvalue weighted by Crippen LogP contribution is -2.49. The maximum absolute atomic E-state index is 11.7. The molecule has 0 aromatic rings. The first-order valence-corrected chi connectivity index (χ1v) is 5.79. The number of likely N-dealkylation sites (N-methyl/N-ethyl adjacent to an activating group) is 1. The lowest BCUT2D eigenvalue weighted by Gasteiger charge is -2.26. The van der Waals surface area contributed by atoms with E-state index in [1.807, 2.05) is 6.92 Å². The molecule has 7 nitrogen and oxygen atoms in total. The van der Waals surface area contributed by atoms with Gasteiger partial charge in [0.25, 0.3) is 0 Å². The Labute approximate surface area is 107 Å². The van der Waals surface area contributed by atoms with Crippen LogP contribution in [0.15, 0.2) is 0 Å². The van der Waals surface area contributed by atoms with Crippen molar-refractivity contribution >= 4 is 17.9 Å². The fraction of sp³-hybridized carbons (Fsp3) is 0.727. The monoisotopic (exact) mass is 259 g/mol. The van der Waals surface area contributed by atoms with Crippen LogP contribution in [0.2, 0.25) is 0 Å². The number of imide groups is 1. The molecule has 0 aromatic carbocycles. The summed E-state index contributed by atoms with van der Waals surface area (Å²) in [6, 6.07) is -1.03. The summed E-state index contributed by atoms with van der Waals surface area (Å²) in [5, 5.41) is 4.50. The number of ether oxygens (including phenoxy) is 1. The lowest BCUT2D eigenvalue weighted by molar-refractivity contribution is -0.141. The molecule has 0 saturated carbocycles. The Kier molecular flexibility index (Phi) is 7.69. The van der Waals surface area contributed by atoms with E-state index in [2.05, 4.69) is 15.4 Å². The molecule has 3 amide bonds. The summed E-state index contributed by atoms with van der Waals surface area (Å²) in [4.78, 5) is 35.5. The Morgan fingerprint density at radius 3 is 2.39 bits per heavy atom. The van der Waals surface area contributed by atoms with Crippen molar-refractivity contribution in [3.05, 3.63) is 0 Å². The fourth-order valence-electron chi connectivity index (χ4n) is 1.41. The predicted molar refractivity (Wildman–Crippen MR) is 65.9 cm³/mol. The van der Waals surface area contributed by atoms with E-state index >= 15 is 0 Å². The number of nitrogens with zero attached hydrogens (tertiary/aromatic N) is 1. The number of carbonyl (C=O) groups excluding carboxylic acids is 3. The van der Waals surface area contributed by atoms with Gasteiger partial charge in [-0.05, 0) is 13.5 Å². The SMILES string of the molecule is CCN(CCC(=O)OC)C(C)C(=O)NC(=O)NC. The highest BCUT2D eigenvalue weighted by atomic mass is 16.5. The number of carbonyl (C=O) groups is 3. The number of methoxy groups -OCH3 is 1. The van der Waals surface area contributed by atoms with Gasteiger partial charge in [-0.3, -0.25) is 19.8 Å². The Hall–Kier alpha value is -1.63. The Bertz CT molecular complexity index is 307. The molecule has 0 aliphatic carbocycles. The molecule has 1 atom stereocenters. The molecule has 0 aliphatic heterocycles. The molecule has 18 heavy (non-hydrogen) atoms. The fourth-order valence-corrected chi connectivity index (χ4v) is 1.41. The van der Waals surface area contributed by atoms with Gasteiger partial charge in [0.05, 0.1) is 19.6 Å². The van der Waals surface area contributed by atoms with Gasteiger partial charge in [-0.1, -0.05) is 6.92 Å². The van der Waals surface area contributed by atoms with Crippen LogP contribution >= 0.6 is 0 Å². The van der Waals surface area contributed by atoms with Crippen LogP contribution in [0.5, 0.6) is 0 Å². The average molecular weight is 259 g/mol. The van der Waals surface area contributed by atoms with Crippen molar-refractivity contribution in [3.8, 4) is 0 Å². The molecule has 0 heterocycles. The van der Waals surface area contributed by atoms with E-state index in [0.29, 0.717) is 13.1 Å². The third-order valence-corrected chi connectivity index (χ3v) is 2.63. The van der Waals surface area contributed by atoms with Crippen molar-refractivity contribution in [2.75, 3.05) is 27.2 Å². The standard InChI is InChI=1S/C11H21N3O4/c1-5-14(7-6-9(15)18-4)8(2)10(16)13-11(17)12-3/h8H,5-7H2,1-4H3,(H2,12,13,16,17). The van der Waals surface area contributed by atoms with Gasteiger partial charge in [-0.25, -0.2) is 4.79 Å².